The van der Waals surface area contributed by atoms with Crippen LogP contribution in [0.1, 0.15) is 29.2 Å². The molecule has 0 radical (unpaired) electrons. The molecule has 0 aromatic heterocycles. The van der Waals surface area contributed by atoms with Gasteiger partial charge in [-0.05, 0) is 41.8 Å². The zero-order valence-corrected chi connectivity index (χ0v) is 15.6. The maximum atomic E-state index is 10.0. The lowest BCUT2D eigenvalue weighted by atomic mass is 9.89. The molecule has 130 valence electrons. The summed E-state index contributed by atoms with van der Waals surface area (Å²) in [5, 5.41) is 10.8. The Kier molecular flexibility index (Phi) is 6.39. The Hall–Kier alpha value is -1.42. The van der Waals surface area contributed by atoms with Gasteiger partial charge >= 0.3 is 0 Å². The molecule has 5 heteroatoms. The van der Waals surface area contributed by atoms with Gasteiger partial charge in [0.15, 0.2) is 11.5 Å². The van der Waals surface area contributed by atoms with Crippen molar-refractivity contribution in [2.75, 3.05) is 20.7 Å². The summed E-state index contributed by atoms with van der Waals surface area (Å²) < 4.78 is 5.30. The van der Waals surface area contributed by atoms with Gasteiger partial charge in [0.1, 0.15) is 6.04 Å². The molecule has 3 rings (SSSR count). The monoisotopic (exact) mass is 368 g/mol. The minimum absolute atomic E-state index is 0. The van der Waals surface area contributed by atoms with E-state index in [2.05, 4.69) is 19.2 Å². The number of benzene rings is 2. The molecule has 0 amide bonds. The number of ether oxygens (including phenoxy) is 1. The number of aryl methyl sites for hydroxylation is 1. The van der Waals surface area contributed by atoms with Crippen LogP contribution in [0.25, 0.3) is 0 Å². The van der Waals surface area contributed by atoms with E-state index in [4.69, 9.17) is 16.3 Å². The highest BCUT2D eigenvalue weighted by Crippen LogP contribution is 2.34. The Balaban J connectivity index is 0.00000208. The molecule has 0 fully saturated rings. The lowest BCUT2D eigenvalue weighted by Gasteiger charge is -2.32. The van der Waals surface area contributed by atoms with Gasteiger partial charge in [0, 0.05) is 23.4 Å². The van der Waals surface area contributed by atoms with Gasteiger partial charge in [-0.25, -0.2) is 0 Å². The van der Waals surface area contributed by atoms with Crippen molar-refractivity contribution in [1.82, 2.24) is 0 Å². The molecule has 2 unspecified atom stereocenters. The first-order valence-electron chi connectivity index (χ1n) is 8.05. The first-order chi connectivity index (χ1) is 11.1. The Morgan fingerprint density at radius 2 is 1.96 bits per heavy atom. The molecule has 2 aromatic carbocycles. The number of halogens is 2. The summed E-state index contributed by atoms with van der Waals surface area (Å²) in [5.41, 5.74) is 3.85. The van der Waals surface area contributed by atoms with Crippen LogP contribution < -0.4 is 9.64 Å². The predicted molar refractivity (Wildman–Crippen MR) is 99.9 cm³/mol. The SMILES string of the molecule is COc1cc2c(cc1O)CC[NH+](C)C2CCc1ccc(Cl)cc1.Cl. The molecule has 0 saturated carbocycles. The summed E-state index contributed by atoms with van der Waals surface area (Å²) in [7, 11) is 3.85. The zero-order valence-electron chi connectivity index (χ0n) is 14.0. The molecule has 2 N–H and O–H groups in total. The topological polar surface area (TPSA) is 33.9 Å². The smallest absolute Gasteiger partial charge is 0.161 e. The normalized spacial score (nSPS) is 19.3. The number of methoxy groups -OCH3 is 1. The largest absolute Gasteiger partial charge is 0.504 e. The summed E-state index contributed by atoms with van der Waals surface area (Å²) in [5.74, 6) is 0.803. The van der Waals surface area contributed by atoms with Crippen molar-refractivity contribution in [3.63, 3.8) is 0 Å². The third kappa shape index (κ3) is 3.97. The zero-order chi connectivity index (χ0) is 16.4. The van der Waals surface area contributed by atoms with Crippen LogP contribution >= 0.6 is 24.0 Å². The Morgan fingerprint density at radius 3 is 2.62 bits per heavy atom. The minimum atomic E-state index is 0. The summed E-state index contributed by atoms with van der Waals surface area (Å²) in [6.45, 7) is 1.09. The fourth-order valence-electron chi connectivity index (χ4n) is 3.47. The summed E-state index contributed by atoms with van der Waals surface area (Å²) in [6, 6.07) is 12.4. The molecule has 3 nitrogen and oxygen atoms in total. The van der Waals surface area contributed by atoms with Gasteiger partial charge in [0.05, 0.1) is 20.7 Å². The number of hydrogen-bond donors (Lipinski definition) is 2. The van der Waals surface area contributed by atoms with E-state index >= 15 is 0 Å². The molecule has 24 heavy (non-hydrogen) atoms. The second-order valence-electron chi connectivity index (χ2n) is 6.29. The molecule has 1 heterocycles. The number of phenols is 1. The van der Waals surface area contributed by atoms with Crippen molar-refractivity contribution < 1.29 is 14.7 Å². The fourth-order valence-corrected chi connectivity index (χ4v) is 3.59. The number of phenolic OH excluding ortho intramolecular Hbond substituents is 1. The molecule has 0 saturated heterocycles. The lowest BCUT2D eigenvalue weighted by Crippen LogP contribution is -3.10. The summed E-state index contributed by atoms with van der Waals surface area (Å²) in [6.07, 6.45) is 3.08. The van der Waals surface area contributed by atoms with Crippen molar-refractivity contribution in [1.29, 1.82) is 0 Å². The maximum Gasteiger partial charge on any atom is 0.161 e. The van der Waals surface area contributed by atoms with E-state index in [1.165, 1.54) is 21.6 Å². The van der Waals surface area contributed by atoms with E-state index in [1.54, 1.807) is 7.11 Å². The van der Waals surface area contributed by atoms with Crippen molar-refractivity contribution >= 4 is 24.0 Å². The highest BCUT2D eigenvalue weighted by atomic mass is 35.5. The number of hydrogen-bond acceptors (Lipinski definition) is 2. The van der Waals surface area contributed by atoms with Crippen LogP contribution in [0.3, 0.4) is 0 Å². The first kappa shape index (κ1) is 18.9. The van der Waals surface area contributed by atoms with Crippen molar-refractivity contribution in [2.24, 2.45) is 0 Å². The number of rotatable bonds is 4. The Labute approximate surface area is 154 Å². The van der Waals surface area contributed by atoms with Crippen LogP contribution in [0.5, 0.6) is 11.5 Å². The van der Waals surface area contributed by atoms with Crippen LogP contribution in [0.15, 0.2) is 36.4 Å². The standard InChI is InChI=1S/C19H22ClNO2.ClH/c1-21-10-9-14-11-18(22)19(23-2)12-16(14)17(21)8-5-13-3-6-15(20)7-4-13;/h3-4,6-7,11-12,17,22H,5,8-10H2,1-2H3;1H/p+1. The highest BCUT2D eigenvalue weighted by Gasteiger charge is 2.29. The summed E-state index contributed by atoms with van der Waals surface area (Å²) in [4.78, 5) is 1.51. The molecule has 0 aliphatic carbocycles. The number of fused-ring (bicyclic) bond motifs is 1. The van der Waals surface area contributed by atoms with E-state index in [0.717, 1.165) is 30.8 Å². The third-order valence-corrected chi connectivity index (χ3v) is 5.09. The van der Waals surface area contributed by atoms with Crippen LogP contribution in [-0.4, -0.2) is 25.8 Å². The molecule has 2 atom stereocenters. The van der Waals surface area contributed by atoms with E-state index in [1.807, 2.05) is 24.3 Å². The summed E-state index contributed by atoms with van der Waals surface area (Å²) >= 11 is 5.96. The van der Waals surface area contributed by atoms with Crippen molar-refractivity contribution in [3.8, 4) is 11.5 Å². The number of nitrogens with one attached hydrogen (secondary N) is 1. The molecule has 1 aliphatic heterocycles. The van der Waals surface area contributed by atoms with Crippen LogP contribution in [-0.2, 0) is 12.8 Å². The Morgan fingerprint density at radius 1 is 1.25 bits per heavy atom. The van der Waals surface area contributed by atoms with Gasteiger partial charge in [0.25, 0.3) is 0 Å². The van der Waals surface area contributed by atoms with Gasteiger partial charge in [-0.3, -0.25) is 0 Å². The van der Waals surface area contributed by atoms with Gasteiger partial charge in [0.2, 0.25) is 0 Å². The number of likely N-dealkylation sites (N-methyl/N-ethyl adjacent to an activating group) is 1. The van der Waals surface area contributed by atoms with Crippen molar-refractivity contribution in [2.45, 2.75) is 25.3 Å². The lowest BCUT2D eigenvalue weighted by molar-refractivity contribution is -0.915. The number of quaternary nitrogens is 1. The Bertz CT molecular complexity index is 689. The van der Waals surface area contributed by atoms with Crippen LogP contribution in [0.2, 0.25) is 5.02 Å². The first-order valence-corrected chi connectivity index (χ1v) is 8.43. The van der Waals surface area contributed by atoms with Gasteiger partial charge < -0.3 is 14.7 Å². The third-order valence-electron chi connectivity index (χ3n) is 4.83. The van der Waals surface area contributed by atoms with Crippen LogP contribution in [0.4, 0.5) is 0 Å². The van der Waals surface area contributed by atoms with Crippen LogP contribution in [0, 0.1) is 0 Å². The molecule has 0 bridgehead atoms. The quantitative estimate of drug-likeness (QED) is 0.868. The highest BCUT2D eigenvalue weighted by molar-refractivity contribution is 6.30. The second kappa shape index (κ2) is 8.11. The molecule has 0 spiro atoms. The second-order valence-corrected chi connectivity index (χ2v) is 6.72. The molecule has 2 aromatic rings. The van der Waals surface area contributed by atoms with E-state index < -0.39 is 0 Å². The predicted octanol–water partition coefficient (Wildman–Crippen LogP) is 3.22. The van der Waals surface area contributed by atoms with Crippen molar-refractivity contribution in [3.05, 3.63) is 58.1 Å². The maximum absolute atomic E-state index is 10.0. The van der Waals surface area contributed by atoms with Gasteiger partial charge in [-0.15, -0.1) is 12.4 Å². The van der Waals surface area contributed by atoms with E-state index in [0.29, 0.717) is 11.8 Å². The minimum Gasteiger partial charge on any atom is -0.504 e. The van der Waals surface area contributed by atoms with E-state index in [-0.39, 0.29) is 18.2 Å². The number of aromatic hydroxyl groups is 1. The molecular weight excluding hydrogens is 345 g/mol. The fraction of sp³-hybridized carbons (Fsp3) is 0.368. The van der Waals surface area contributed by atoms with E-state index in [9.17, 15) is 5.11 Å². The average molecular weight is 369 g/mol. The molecular formula is C19H24Cl2NO2+. The van der Waals surface area contributed by atoms with Gasteiger partial charge in [-0.2, -0.15) is 0 Å². The molecule has 1 aliphatic rings. The average Bonchev–Trinajstić information content (AvgIpc) is 2.55. The van der Waals surface area contributed by atoms with Gasteiger partial charge in [-0.1, -0.05) is 23.7 Å².